The van der Waals surface area contributed by atoms with Crippen LogP contribution in [0.25, 0.3) is 10.9 Å². The third kappa shape index (κ3) is 7.54. The van der Waals surface area contributed by atoms with E-state index in [9.17, 15) is 18.8 Å². The molecule has 4 N–H and O–H groups in total. The van der Waals surface area contributed by atoms with E-state index in [-0.39, 0.29) is 30.1 Å². The lowest BCUT2D eigenvalue weighted by molar-refractivity contribution is -0.121. The fourth-order valence-electron chi connectivity index (χ4n) is 7.06. The first-order chi connectivity index (χ1) is 23.7. The molecule has 260 valence electrons. The van der Waals surface area contributed by atoms with Crippen LogP contribution in [0.5, 0.6) is 5.75 Å². The van der Waals surface area contributed by atoms with Gasteiger partial charge in [-0.2, -0.15) is 11.8 Å². The predicted octanol–water partition coefficient (Wildman–Crippen LogP) is 4.53. The summed E-state index contributed by atoms with van der Waals surface area (Å²) < 4.78 is 20.5. The number of benzene rings is 2. The normalized spacial score (nSPS) is 19.7. The molecule has 1 aromatic heterocycles. The molecule has 0 radical (unpaired) electrons. The van der Waals surface area contributed by atoms with Gasteiger partial charge in [-0.25, -0.2) is 14.2 Å². The zero-order valence-electron chi connectivity index (χ0n) is 27.7. The Kier molecular flexibility index (Phi) is 9.77. The molecule has 1 saturated carbocycles. The SMILES string of the molecule is CNc1cc(N2CCC(N3CCC(SCc4nc5cc(OCC6CC6)cc(F)c5c(=O)[nH]4)CC3)CC2)ccc1C(=N)N1CCC(=O)NC1=O. The number of anilines is 2. The minimum Gasteiger partial charge on any atom is -0.493 e. The van der Waals surface area contributed by atoms with Gasteiger partial charge in [-0.1, -0.05) is 0 Å². The largest absolute Gasteiger partial charge is 0.493 e. The van der Waals surface area contributed by atoms with Crippen molar-refractivity contribution in [2.24, 2.45) is 5.92 Å². The highest BCUT2D eigenvalue weighted by Crippen LogP contribution is 2.33. The van der Waals surface area contributed by atoms with Crippen molar-refractivity contribution in [3.8, 4) is 5.75 Å². The Labute approximate surface area is 288 Å². The summed E-state index contributed by atoms with van der Waals surface area (Å²) in [6.45, 7) is 4.71. The highest BCUT2D eigenvalue weighted by atomic mass is 32.2. The molecule has 2 aromatic carbocycles. The fraction of sp³-hybridized carbons (Fsp3) is 0.514. The Morgan fingerprint density at radius 1 is 1.04 bits per heavy atom. The van der Waals surface area contributed by atoms with Crippen molar-refractivity contribution in [3.05, 3.63) is 57.9 Å². The van der Waals surface area contributed by atoms with Gasteiger partial charge in [0.1, 0.15) is 28.6 Å². The number of ether oxygens (including phenoxy) is 1. The van der Waals surface area contributed by atoms with Gasteiger partial charge in [0.25, 0.3) is 5.56 Å². The molecule has 0 bridgehead atoms. The van der Waals surface area contributed by atoms with Crippen LogP contribution in [0.15, 0.2) is 35.1 Å². The number of carbonyl (C=O) groups is 2. The fourth-order valence-corrected chi connectivity index (χ4v) is 8.13. The van der Waals surface area contributed by atoms with Crippen LogP contribution in [0.1, 0.15) is 56.3 Å². The van der Waals surface area contributed by atoms with E-state index in [1.165, 1.54) is 11.0 Å². The van der Waals surface area contributed by atoms with E-state index in [0.717, 1.165) is 76.1 Å². The van der Waals surface area contributed by atoms with Crippen LogP contribution in [0.3, 0.4) is 0 Å². The molecule has 3 saturated heterocycles. The van der Waals surface area contributed by atoms with Crippen molar-refractivity contribution in [1.29, 1.82) is 5.41 Å². The molecule has 49 heavy (non-hydrogen) atoms. The molecule has 1 aliphatic carbocycles. The van der Waals surface area contributed by atoms with Crippen molar-refractivity contribution in [2.45, 2.75) is 62.0 Å². The van der Waals surface area contributed by atoms with Gasteiger partial charge >= 0.3 is 6.03 Å². The first kappa shape index (κ1) is 33.3. The number of aromatic amines is 1. The van der Waals surface area contributed by atoms with E-state index in [2.05, 4.69) is 30.4 Å². The highest BCUT2D eigenvalue weighted by molar-refractivity contribution is 7.99. The Morgan fingerprint density at radius 3 is 2.53 bits per heavy atom. The summed E-state index contributed by atoms with van der Waals surface area (Å²) in [5.74, 6) is 1.26. The zero-order chi connectivity index (χ0) is 34.1. The quantitative estimate of drug-likeness (QED) is 0.178. The van der Waals surface area contributed by atoms with Crippen LogP contribution in [0.2, 0.25) is 0 Å². The Morgan fingerprint density at radius 2 is 1.82 bits per heavy atom. The number of hydrogen-bond donors (Lipinski definition) is 4. The van der Waals surface area contributed by atoms with Gasteiger partial charge in [-0.15, -0.1) is 0 Å². The molecule has 0 spiro atoms. The van der Waals surface area contributed by atoms with E-state index in [1.807, 2.05) is 37.0 Å². The van der Waals surface area contributed by atoms with Crippen molar-refractivity contribution in [2.75, 3.05) is 56.6 Å². The number of carbonyl (C=O) groups excluding carboxylic acids is 2. The van der Waals surface area contributed by atoms with Gasteiger partial charge in [0, 0.05) is 73.5 Å². The average molecular weight is 691 g/mol. The van der Waals surface area contributed by atoms with Gasteiger partial charge in [0.05, 0.1) is 17.9 Å². The topological polar surface area (TPSA) is 147 Å². The van der Waals surface area contributed by atoms with Crippen LogP contribution in [0, 0.1) is 17.1 Å². The predicted molar refractivity (Wildman–Crippen MR) is 189 cm³/mol. The monoisotopic (exact) mass is 690 g/mol. The number of fused-ring (bicyclic) bond motifs is 1. The summed E-state index contributed by atoms with van der Waals surface area (Å²) in [7, 11) is 1.81. The average Bonchev–Trinajstić information content (AvgIpc) is 3.94. The number of nitrogens with one attached hydrogen (secondary N) is 4. The smallest absolute Gasteiger partial charge is 0.329 e. The van der Waals surface area contributed by atoms with Gasteiger partial charge in [0.2, 0.25) is 5.91 Å². The zero-order valence-corrected chi connectivity index (χ0v) is 28.5. The standard InChI is InChI=1S/C35H43FN8O4S/c1-38-28-16-23(4-5-26(28)33(37)44-15-10-31(45)41-35(44)47)43-11-6-22(7-12-43)42-13-8-25(9-14-42)49-20-30-39-29-18-24(48-19-21-2-3-21)17-27(36)32(29)34(46)40-30/h4-5,16-18,21-22,25,37-38H,2-3,6-15,19-20H2,1H3,(H,39,40,46)(H,41,45,47). The maximum Gasteiger partial charge on any atom is 0.329 e. The van der Waals surface area contributed by atoms with Gasteiger partial charge < -0.3 is 24.8 Å². The van der Waals surface area contributed by atoms with E-state index < -0.39 is 17.4 Å². The first-order valence-corrected chi connectivity index (χ1v) is 18.3. The summed E-state index contributed by atoms with van der Waals surface area (Å²) in [5.41, 5.74) is 2.36. The minimum atomic E-state index is -0.600. The van der Waals surface area contributed by atoms with Crippen molar-refractivity contribution < 1.29 is 18.7 Å². The van der Waals surface area contributed by atoms with Crippen LogP contribution in [-0.4, -0.2) is 95.2 Å². The highest BCUT2D eigenvalue weighted by Gasteiger charge is 2.31. The second-order valence-electron chi connectivity index (χ2n) is 13.4. The van der Waals surface area contributed by atoms with E-state index in [0.29, 0.717) is 52.2 Å². The van der Waals surface area contributed by atoms with Crippen molar-refractivity contribution in [1.82, 2.24) is 25.1 Å². The summed E-state index contributed by atoms with van der Waals surface area (Å²) in [6, 6.07) is 8.86. The number of H-pyrrole nitrogens is 1. The Hall–Kier alpha value is -4.17. The van der Waals surface area contributed by atoms with E-state index in [1.54, 1.807) is 6.07 Å². The second-order valence-corrected chi connectivity index (χ2v) is 14.7. The molecule has 0 atom stereocenters. The van der Waals surface area contributed by atoms with Crippen LogP contribution < -0.4 is 25.8 Å². The van der Waals surface area contributed by atoms with Gasteiger partial charge in [0.15, 0.2) is 0 Å². The number of amides is 3. The summed E-state index contributed by atoms with van der Waals surface area (Å²) in [4.78, 5) is 50.3. The molecule has 3 amide bonds. The molecule has 4 fully saturated rings. The van der Waals surface area contributed by atoms with Gasteiger partial charge in [-0.05, 0) is 75.7 Å². The number of amidine groups is 1. The number of nitrogens with zero attached hydrogens (tertiary/aromatic N) is 4. The number of rotatable bonds is 10. The summed E-state index contributed by atoms with van der Waals surface area (Å²) >= 11 is 1.81. The third-order valence-corrected chi connectivity index (χ3v) is 11.5. The number of imide groups is 1. The van der Waals surface area contributed by atoms with Gasteiger partial charge in [-0.3, -0.25) is 25.2 Å². The van der Waals surface area contributed by atoms with E-state index >= 15 is 0 Å². The second kappa shape index (κ2) is 14.4. The molecular weight excluding hydrogens is 648 g/mol. The number of likely N-dealkylation sites (tertiary alicyclic amines) is 1. The van der Waals surface area contributed by atoms with Crippen LogP contribution in [-0.2, 0) is 10.5 Å². The number of piperidine rings is 2. The molecule has 4 aliphatic rings. The minimum absolute atomic E-state index is 0.0187. The molecule has 7 rings (SSSR count). The van der Waals surface area contributed by atoms with Crippen molar-refractivity contribution in [3.63, 3.8) is 0 Å². The first-order valence-electron chi connectivity index (χ1n) is 17.2. The summed E-state index contributed by atoms with van der Waals surface area (Å²) in [5, 5.41) is 14.6. The Bertz CT molecular complexity index is 1800. The molecule has 14 heteroatoms. The molecule has 12 nitrogen and oxygen atoms in total. The number of aromatic nitrogens is 2. The molecule has 4 heterocycles. The molecule has 3 aliphatic heterocycles. The lowest BCUT2D eigenvalue weighted by Gasteiger charge is -2.42. The van der Waals surface area contributed by atoms with Crippen LogP contribution >= 0.6 is 11.8 Å². The number of urea groups is 1. The maximum atomic E-state index is 14.7. The lowest BCUT2D eigenvalue weighted by atomic mass is 9.99. The third-order valence-electron chi connectivity index (χ3n) is 10.1. The molecule has 0 unspecified atom stereocenters. The summed E-state index contributed by atoms with van der Waals surface area (Å²) in [6.07, 6.45) is 6.74. The number of thioether (sulfide) groups is 1. The van der Waals surface area contributed by atoms with Crippen LogP contribution in [0.4, 0.5) is 20.6 Å². The van der Waals surface area contributed by atoms with E-state index in [4.69, 9.17) is 10.1 Å². The number of hydrogen-bond acceptors (Lipinski definition) is 10. The number of halogens is 1. The van der Waals surface area contributed by atoms with Crippen molar-refractivity contribution >= 4 is 51.8 Å². The lowest BCUT2D eigenvalue weighted by Crippen LogP contribution is -2.52. The molecular formula is C35H43FN8O4S. The Balaban J connectivity index is 0.891. The maximum absolute atomic E-state index is 14.7. The molecule has 3 aromatic rings.